The summed E-state index contributed by atoms with van der Waals surface area (Å²) in [6.07, 6.45) is 1.30. The Balaban J connectivity index is 2.31. The Bertz CT molecular complexity index is 145. The highest BCUT2D eigenvalue weighted by Gasteiger charge is 1.96. The highest BCUT2D eigenvalue weighted by atomic mass is 32.2. The van der Waals surface area contributed by atoms with Crippen LogP contribution in [0.1, 0.15) is 6.42 Å². The highest BCUT2D eigenvalue weighted by molar-refractivity contribution is 7.99. The number of rotatable bonds is 0. The molecule has 0 saturated carbocycles. The molecule has 0 amide bonds. The Morgan fingerprint density at radius 1 is 1.40 bits per heavy atom. The van der Waals surface area contributed by atoms with Crippen LogP contribution < -0.4 is 0 Å². The minimum atomic E-state index is 0.945. The molecule has 0 bridgehead atoms. The van der Waals surface area contributed by atoms with Crippen molar-refractivity contribution >= 4 is 11.8 Å². The first-order valence-corrected chi connectivity index (χ1v) is 4.77. The van der Waals surface area contributed by atoms with Crippen LogP contribution in [0.3, 0.4) is 0 Å². The fraction of sp³-hybridized carbons (Fsp3) is 0.750. The molecule has 1 aliphatic rings. The molecule has 0 atom stereocenters. The zero-order valence-electron chi connectivity index (χ0n) is 6.39. The Hall–Kier alpha value is -0.130. The molecule has 0 aliphatic carbocycles. The van der Waals surface area contributed by atoms with Gasteiger partial charge in [0.15, 0.2) is 0 Å². The predicted molar refractivity (Wildman–Crippen MR) is 47.2 cm³/mol. The van der Waals surface area contributed by atoms with Crippen LogP contribution >= 0.6 is 11.8 Å². The molecule has 2 heteroatoms. The summed E-state index contributed by atoms with van der Waals surface area (Å²) < 4.78 is 0. The third-order valence-corrected chi connectivity index (χ3v) is 2.40. The summed E-state index contributed by atoms with van der Waals surface area (Å²) in [6.45, 7) is 2.14. The molecule has 1 aliphatic heterocycles. The van der Waals surface area contributed by atoms with Crippen molar-refractivity contribution in [2.24, 2.45) is 0 Å². The van der Waals surface area contributed by atoms with Crippen molar-refractivity contribution < 1.29 is 0 Å². The second-order valence-corrected chi connectivity index (χ2v) is 3.60. The van der Waals surface area contributed by atoms with Gasteiger partial charge >= 0.3 is 0 Å². The van der Waals surface area contributed by atoms with Crippen molar-refractivity contribution in [3.05, 3.63) is 0 Å². The third kappa shape index (κ3) is 3.14. The highest BCUT2D eigenvalue weighted by Crippen LogP contribution is 2.02. The van der Waals surface area contributed by atoms with Crippen molar-refractivity contribution in [2.75, 3.05) is 31.6 Å². The van der Waals surface area contributed by atoms with Gasteiger partial charge in [-0.2, -0.15) is 0 Å². The normalized spacial score (nSPS) is 21.7. The maximum Gasteiger partial charge on any atom is 0.0599 e. The summed E-state index contributed by atoms with van der Waals surface area (Å²) in [4.78, 5) is 2.28. The van der Waals surface area contributed by atoms with E-state index in [4.69, 9.17) is 0 Å². The van der Waals surface area contributed by atoms with Gasteiger partial charge in [0.25, 0.3) is 0 Å². The van der Waals surface area contributed by atoms with Gasteiger partial charge in [-0.05, 0) is 25.8 Å². The molecule has 0 aromatic rings. The van der Waals surface area contributed by atoms with Crippen molar-refractivity contribution in [3.8, 4) is 11.8 Å². The third-order valence-electron chi connectivity index (χ3n) is 1.48. The Labute approximate surface area is 67.2 Å². The lowest BCUT2D eigenvalue weighted by molar-refractivity contribution is 0.378. The second kappa shape index (κ2) is 4.65. The number of hydrogen-bond donors (Lipinski definition) is 0. The molecule has 0 aromatic carbocycles. The first kappa shape index (κ1) is 7.97. The quantitative estimate of drug-likeness (QED) is 0.481. The van der Waals surface area contributed by atoms with Crippen LogP contribution in [-0.2, 0) is 0 Å². The van der Waals surface area contributed by atoms with Crippen molar-refractivity contribution in [1.29, 1.82) is 0 Å². The van der Waals surface area contributed by atoms with Gasteiger partial charge in [0, 0.05) is 0 Å². The van der Waals surface area contributed by atoms with E-state index < -0.39 is 0 Å². The van der Waals surface area contributed by atoms with Crippen LogP contribution in [0.4, 0.5) is 0 Å². The molecule has 56 valence electrons. The lowest BCUT2D eigenvalue weighted by Crippen LogP contribution is -2.19. The monoisotopic (exact) mass is 155 g/mol. The van der Waals surface area contributed by atoms with Crippen LogP contribution in [0.15, 0.2) is 0 Å². The first-order valence-electron chi connectivity index (χ1n) is 3.61. The zero-order valence-corrected chi connectivity index (χ0v) is 7.21. The Kier molecular flexibility index (Phi) is 3.71. The average Bonchev–Trinajstić information content (AvgIpc) is 2.02. The molecule has 0 saturated heterocycles. The van der Waals surface area contributed by atoms with E-state index in [0.717, 1.165) is 12.3 Å². The largest absolute Gasteiger partial charge is 0.295 e. The van der Waals surface area contributed by atoms with E-state index in [2.05, 4.69) is 23.8 Å². The maximum absolute atomic E-state index is 3.13. The molecule has 1 heterocycles. The average molecular weight is 155 g/mol. The van der Waals surface area contributed by atoms with E-state index in [1.807, 2.05) is 11.8 Å². The number of thioether (sulfide) groups is 1. The summed E-state index contributed by atoms with van der Waals surface area (Å²) in [7, 11) is 2.13. The predicted octanol–water partition coefficient (Wildman–Crippen LogP) is 1.06. The Morgan fingerprint density at radius 3 is 3.20 bits per heavy atom. The molecule has 0 N–H and O–H groups in total. The molecule has 0 fully saturated rings. The topological polar surface area (TPSA) is 3.24 Å². The van der Waals surface area contributed by atoms with Gasteiger partial charge in [-0.1, -0.05) is 11.8 Å². The smallest absolute Gasteiger partial charge is 0.0599 e. The molecule has 0 unspecified atom stereocenters. The minimum absolute atomic E-state index is 0.945. The van der Waals surface area contributed by atoms with Gasteiger partial charge in [0.05, 0.1) is 12.3 Å². The van der Waals surface area contributed by atoms with Gasteiger partial charge in [-0.25, -0.2) is 0 Å². The Morgan fingerprint density at radius 2 is 2.30 bits per heavy atom. The summed E-state index contributed by atoms with van der Waals surface area (Å²) in [5.74, 6) is 8.55. The van der Waals surface area contributed by atoms with Gasteiger partial charge < -0.3 is 0 Å². The van der Waals surface area contributed by atoms with E-state index in [-0.39, 0.29) is 0 Å². The molecule has 10 heavy (non-hydrogen) atoms. The van der Waals surface area contributed by atoms with E-state index in [0.29, 0.717) is 0 Å². The van der Waals surface area contributed by atoms with Gasteiger partial charge in [0.1, 0.15) is 0 Å². The van der Waals surface area contributed by atoms with E-state index in [9.17, 15) is 0 Å². The van der Waals surface area contributed by atoms with Gasteiger partial charge in [-0.15, -0.1) is 11.8 Å². The summed E-state index contributed by atoms with van der Waals surface area (Å²) >= 11 is 1.94. The van der Waals surface area contributed by atoms with Crippen molar-refractivity contribution in [2.45, 2.75) is 6.42 Å². The van der Waals surface area contributed by atoms with Gasteiger partial charge in [0.2, 0.25) is 0 Å². The minimum Gasteiger partial charge on any atom is -0.295 e. The van der Waals surface area contributed by atoms with Crippen LogP contribution in [0.25, 0.3) is 0 Å². The van der Waals surface area contributed by atoms with Gasteiger partial charge in [-0.3, -0.25) is 4.90 Å². The second-order valence-electron chi connectivity index (χ2n) is 2.50. The maximum atomic E-state index is 3.13. The standard InChI is InChI=1S/C8H13NS/c1-9-5-2-3-7-10-8-4-6-9/h4-8H2,1H3. The molecule has 0 spiro atoms. The van der Waals surface area contributed by atoms with Crippen molar-refractivity contribution in [3.63, 3.8) is 0 Å². The fourth-order valence-electron chi connectivity index (χ4n) is 0.881. The van der Waals surface area contributed by atoms with E-state index in [1.54, 1.807) is 0 Å². The van der Waals surface area contributed by atoms with E-state index in [1.165, 1.54) is 18.7 Å². The van der Waals surface area contributed by atoms with Crippen LogP contribution in [0, 0.1) is 11.8 Å². The summed E-state index contributed by atoms with van der Waals surface area (Å²) in [5, 5.41) is 0. The molecule has 0 aromatic heterocycles. The number of hydrogen-bond acceptors (Lipinski definition) is 2. The molecular weight excluding hydrogens is 142 g/mol. The van der Waals surface area contributed by atoms with Crippen LogP contribution in [0.2, 0.25) is 0 Å². The fourth-order valence-corrected chi connectivity index (χ4v) is 1.56. The zero-order chi connectivity index (χ0) is 7.23. The molecule has 0 radical (unpaired) electrons. The lowest BCUT2D eigenvalue weighted by atomic mass is 10.4. The summed E-state index contributed by atoms with van der Waals surface area (Å²) in [5.41, 5.74) is 0. The first-order chi connectivity index (χ1) is 4.89. The molecule has 1 rings (SSSR count). The van der Waals surface area contributed by atoms with E-state index >= 15 is 0 Å². The van der Waals surface area contributed by atoms with Crippen LogP contribution in [-0.4, -0.2) is 36.5 Å². The van der Waals surface area contributed by atoms with Crippen LogP contribution in [0.5, 0.6) is 0 Å². The summed E-state index contributed by atoms with van der Waals surface area (Å²) in [6, 6.07) is 0. The molecular formula is C8H13NS. The SMILES string of the molecule is CN1CC#CCSCCC1. The lowest BCUT2D eigenvalue weighted by Gasteiger charge is -2.10. The number of nitrogens with zero attached hydrogens (tertiary/aromatic N) is 1. The molecule has 1 nitrogen and oxygen atoms in total. The van der Waals surface area contributed by atoms with Crippen molar-refractivity contribution in [1.82, 2.24) is 4.90 Å².